The first-order chi connectivity index (χ1) is 8.42. The van der Waals surface area contributed by atoms with Gasteiger partial charge < -0.3 is 10.5 Å². The molecule has 0 saturated carbocycles. The lowest BCUT2D eigenvalue weighted by atomic mass is 9.90. The highest BCUT2D eigenvalue weighted by molar-refractivity contribution is 4.82. The summed E-state index contributed by atoms with van der Waals surface area (Å²) < 4.78 is 5.47. The van der Waals surface area contributed by atoms with Gasteiger partial charge in [-0.05, 0) is 44.7 Å². The molecular weight excluding hydrogens is 212 g/mol. The zero-order valence-electron chi connectivity index (χ0n) is 11.1. The molecule has 0 radical (unpaired) electrons. The highest BCUT2D eigenvalue weighted by atomic mass is 16.5. The number of hydrogen-bond donors (Lipinski definition) is 1. The average molecular weight is 240 g/mol. The van der Waals surface area contributed by atoms with Crippen molar-refractivity contribution in [1.82, 2.24) is 4.90 Å². The van der Waals surface area contributed by atoms with Crippen molar-refractivity contribution in [2.75, 3.05) is 32.8 Å². The normalized spacial score (nSPS) is 27.4. The molecule has 0 aromatic heterocycles. The van der Waals surface area contributed by atoms with Crippen LogP contribution in [0.15, 0.2) is 0 Å². The minimum Gasteiger partial charge on any atom is -0.381 e. The average Bonchev–Trinajstić information content (AvgIpc) is 2.34. The van der Waals surface area contributed by atoms with Gasteiger partial charge in [0.05, 0.1) is 0 Å². The third-order valence-electron chi connectivity index (χ3n) is 4.41. The van der Waals surface area contributed by atoms with E-state index in [0.29, 0.717) is 6.04 Å². The van der Waals surface area contributed by atoms with Crippen LogP contribution < -0.4 is 5.73 Å². The molecule has 2 fully saturated rings. The fraction of sp³-hybridized carbons (Fsp3) is 1.00. The van der Waals surface area contributed by atoms with Crippen molar-refractivity contribution < 1.29 is 4.74 Å². The number of nitrogens with two attached hydrogens (primary N) is 1. The van der Waals surface area contributed by atoms with Gasteiger partial charge in [0.25, 0.3) is 0 Å². The number of ether oxygens (including phenoxy) is 1. The van der Waals surface area contributed by atoms with Gasteiger partial charge in [-0.25, -0.2) is 0 Å². The van der Waals surface area contributed by atoms with E-state index in [1.807, 2.05) is 0 Å². The van der Waals surface area contributed by atoms with E-state index in [0.717, 1.165) is 25.7 Å². The largest absolute Gasteiger partial charge is 0.381 e. The third kappa shape index (κ3) is 3.94. The summed E-state index contributed by atoms with van der Waals surface area (Å²) in [5, 5.41) is 0. The monoisotopic (exact) mass is 240 g/mol. The molecular formula is C14H28N2O. The van der Waals surface area contributed by atoms with Gasteiger partial charge >= 0.3 is 0 Å². The van der Waals surface area contributed by atoms with Gasteiger partial charge in [-0.15, -0.1) is 0 Å². The maximum absolute atomic E-state index is 6.04. The maximum Gasteiger partial charge on any atom is 0.0469 e. The molecule has 2 rings (SSSR count). The lowest BCUT2D eigenvalue weighted by Gasteiger charge is -2.39. The Morgan fingerprint density at radius 3 is 2.18 bits per heavy atom. The van der Waals surface area contributed by atoms with Gasteiger partial charge in [0.15, 0.2) is 0 Å². The lowest BCUT2D eigenvalue weighted by Crippen LogP contribution is -2.48. The van der Waals surface area contributed by atoms with Crippen LogP contribution in [-0.4, -0.2) is 43.8 Å². The fourth-order valence-corrected chi connectivity index (χ4v) is 3.34. The Hall–Kier alpha value is -0.120. The van der Waals surface area contributed by atoms with Crippen molar-refractivity contribution in [2.45, 2.75) is 51.0 Å². The van der Waals surface area contributed by atoms with Crippen LogP contribution in [0.4, 0.5) is 0 Å². The van der Waals surface area contributed by atoms with Crippen LogP contribution in [0, 0.1) is 5.92 Å². The van der Waals surface area contributed by atoms with E-state index in [1.54, 1.807) is 0 Å². The Bertz CT molecular complexity index is 196. The predicted octanol–water partition coefficient (Wildman–Crippen LogP) is 2.01. The third-order valence-corrected chi connectivity index (χ3v) is 4.41. The standard InChI is InChI=1S/C14H28N2O/c15-12-14(13-6-10-17-11-7-13)16-8-4-2-1-3-5-9-16/h13-14H,1-12,15H2. The van der Waals surface area contributed by atoms with Crippen molar-refractivity contribution in [3.63, 3.8) is 0 Å². The van der Waals surface area contributed by atoms with Gasteiger partial charge in [-0.1, -0.05) is 19.3 Å². The summed E-state index contributed by atoms with van der Waals surface area (Å²) in [6.07, 6.45) is 9.37. The van der Waals surface area contributed by atoms with E-state index in [2.05, 4.69) is 4.90 Å². The van der Waals surface area contributed by atoms with E-state index >= 15 is 0 Å². The quantitative estimate of drug-likeness (QED) is 0.820. The van der Waals surface area contributed by atoms with Crippen molar-refractivity contribution in [2.24, 2.45) is 11.7 Å². The second-order valence-corrected chi connectivity index (χ2v) is 5.56. The molecule has 0 bridgehead atoms. The molecule has 2 aliphatic rings. The first-order valence-electron chi connectivity index (χ1n) is 7.43. The van der Waals surface area contributed by atoms with Crippen molar-refractivity contribution in [3.8, 4) is 0 Å². The SMILES string of the molecule is NCC(C1CCOCC1)N1CCCCCCC1. The molecule has 100 valence electrons. The maximum atomic E-state index is 6.04. The summed E-state index contributed by atoms with van der Waals surface area (Å²) >= 11 is 0. The van der Waals surface area contributed by atoms with Gasteiger partial charge in [0.2, 0.25) is 0 Å². The van der Waals surface area contributed by atoms with Crippen molar-refractivity contribution in [3.05, 3.63) is 0 Å². The minimum absolute atomic E-state index is 0.608. The number of rotatable bonds is 3. The van der Waals surface area contributed by atoms with Crippen molar-refractivity contribution in [1.29, 1.82) is 0 Å². The zero-order valence-corrected chi connectivity index (χ0v) is 11.1. The van der Waals surface area contributed by atoms with Crippen LogP contribution in [-0.2, 0) is 4.74 Å². The Kier molecular flexibility index (Phi) is 5.75. The molecule has 0 aromatic rings. The molecule has 0 aliphatic carbocycles. The zero-order chi connectivity index (χ0) is 11.9. The molecule has 0 amide bonds. The van der Waals surface area contributed by atoms with E-state index in [4.69, 9.17) is 10.5 Å². The molecule has 2 saturated heterocycles. The fourth-order valence-electron chi connectivity index (χ4n) is 3.34. The molecule has 1 unspecified atom stereocenters. The Morgan fingerprint density at radius 1 is 1.00 bits per heavy atom. The molecule has 2 heterocycles. The van der Waals surface area contributed by atoms with Crippen LogP contribution in [0.2, 0.25) is 0 Å². The Balaban J connectivity index is 1.89. The molecule has 3 nitrogen and oxygen atoms in total. The predicted molar refractivity (Wildman–Crippen MR) is 71.0 cm³/mol. The van der Waals surface area contributed by atoms with E-state index in [9.17, 15) is 0 Å². The van der Waals surface area contributed by atoms with Crippen LogP contribution in [0.5, 0.6) is 0 Å². The second-order valence-electron chi connectivity index (χ2n) is 5.56. The van der Waals surface area contributed by atoms with Gasteiger partial charge in [0.1, 0.15) is 0 Å². The molecule has 1 atom stereocenters. The molecule has 2 aliphatic heterocycles. The number of nitrogens with zero attached hydrogens (tertiary/aromatic N) is 1. The number of hydrogen-bond acceptors (Lipinski definition) is 3. The van der Waals surface area contributed by atoms with Crippen LogP contribution in [0.25, 0.3) is 0 Å². The number of likely N-dealkylation sites (tertiary alicyclic amines) is 1. The highest BCUT2D eigenvalue weighted by Crippen LogP contribution is 2.24. The lowest BCUT2D eigenvalue weighted by molar-refractivity contribution is 0.0255. The van der Waals surface area contributed by atoms with E-state index in [-0.39, 0.29) is 0 Å². The van der Waals surface area contributed by atoms with E-state index in [1.165, 1.54) is 58.0 Å². The first-order valence-corrected chi connectivity index (χ1v) is 7.43. The Labute approximate surface area is 106 Å². The smallest absolute Gasteiger partial charge is 0.0469 e. The summed E-state index contributed by atoms with van der Waals surface area (Å²) in [5.74, 6) is 0.771. The van der Waals surface area contributed by atoms with E-state index < -0.39 is 0 Å². The summed E-state index contributed by atoms with van der Waals surface area (Å²) in [7, 11) is 0. The molecule has 2 N–H and O–H groups in total. The molecule has 17 heavy (non-hydrogen) atoms. The Morgan fingerprint density at radius 2 is 1.59 bits per heavy atom. The van der Waals surface area contributed by atoms with Crippen LogP contribution in [0.3, 0.4) is 0 Å². The van der Waals surface area contributed by atoms with Gasteiger partial charge in [0, 0.05) is 25.8 Å². The molecule has 0 spiro atoms. The molecule has 0 aromatic carbocycles. The minimum atomic E-state index is 0.608. The van der Waals surface area contributed by atoms with Crippen LogP contribution >= 0.6 is 0 Å². The molecule has 3 heteroatoms. The summed E-state index contributed by atoms with van der Waals surface area (Å²) in [6, 6.07) is 0.608. The topological polar surface area (TPSA) is 38.5 Å². The van der Waals surface area contributed by atoms with Crippen molar-refractivity contribution >= 4 is 0 Å². The summed E-state index contributed by atoms with van der Waals surface area (Å²) in [4.78, 5) is 2.68. The first kappa shape index (κ1) is 13.3. The summed E-state index contributed by atoms with van der Waals surface area (Å²) in [6.45, 7) is 5.23. The summed E-state index contributed by atoms with van der Waals surface area (Å²) in [5.41, 5.74) is 6.04. The highest BCUT2D eigenvalue weighted by Gasteiger charge is 2.27. The van der Waals surface area contributed by atoms with Gasteiger partial charge in [-0.2, -0.15) is 0 Å². The van der Waals surface area contributed by atoms with Crippen LogP contribution in [0.1, 0.15) is 44.9 Å². The van der Waals surface area contributed by atoms with Gasteiger partial charge in [-0.3, -0.25) is 4.90 Å². The second kappa shape index (κ2) is 7.34.